The molecular formula is C23H32N6OS. The summed E-state index contributed by atoms with van der Waals surface area (Å²) in [5.41, 5.74) is 2.34. The summed E-state index contributed by atoms with van der Waals surface area (Å²) >= 11 is 1.69. The second-order valence-electron chi connectivity index (χ2n) is 9.24. The number of piperidine rings is 1. The smallest absolute Gasteiger partial charge is 0.245 e. The number of rotatable bonds is 5. The van der Waals surface area contributed by atoms with E-state index in [1.165, 1.54) is 16.9 Å². The topological polar surface area (TPSA) is 74.2 Å². The summed E-state index contributed by atoms with van der Waals surface area (Å²) in [6.45, 7) is 7.00. The standard InChI is InChI=1S/C23H32N6OS/c1-15(2)19-14-24-23(31-19)27-20-16-8-6-9-17(16)25-22(26-20)29-13-7-10-18(29)21(30)28-11-4-3-5-12-28/h14-15,18H,3-13H2,1-2H3,(H,24,25,26,27)/t18-/m1/s1. The van der Waals surface area contributed by atoms with E-state index in [4.69, 9.17) is 9.97 Å². The number of amides is 1. The molecule has 4 heterocycles. The van der Waals surface area contributed by atoms with Gasteiger partial charge in [-0.3, -0.25) is 4.79 Å². The highest BCUT2D eigenvalue weighted by Gasteiger charge is 2.36. The SMILES string of the molecule is CC(C)c1cnc(Nc2nc(N3CCC[C@@H]3C(=O)N3CCCCC3)nc3c2CCC3)s1. The maximum Gasteiger partial charge on any atom is 0.245 e. The van der Waals surface area contributed by atoms with Crippen molar-refractivity contribution < 1.29 is 4.79 Å². The molecule has 0 unspecified atom stereocenters. The Labute approximate surface area is 188 Å². The number of aromatic nitrogens is 3. The van der Waals surface area contributed by atoms with E-state index in [1.54, 1.807) is 11.3 Å². The minimum absolute atomic E-state index is 0.127. The Hall–Kier alpha value is -2.22. The first-order valence-corrected chi connectivity index (χ1v) is 12.6. The molecule has 3 aliphatic rings. The van der Waals surface area contributed by atoms with Gasteiger partial charge in [0.15, 0.2) is 5.13 Å². The van der Waals surface area contributed by atoms with Gasteiger partial charge in [-0.15, -0.1) is 11.3 Å². The predicted octanol–water partition coefficient (Wildman–Crippen LogP) is 4.27. The fraction of sp³-hybridized carbons (Fsp3) is 0.652. The number of carbonyl (C=O) groups is 1. The van der Waals surface area contributed by atoms with Gasteiger partial charge >= 0.3 is 0 Å². The number of fused-ring (bicyclic) bond motifs is 1. The monoisotopic (exact) mass is 440 g/mol. The lowest BCUT2D eigenvalue weighted by atomic mass is 10.1. The van der Waals surface area contributed by atoms with Crippen molar-refractivity contribution in [1.82, 2.24) is 19.9 Å². The first kappa shape index (κ1) is 20.7. The Bertz CT molecular complexity index is 952. The van der Waals surface area contributed by atoms with E-state index in [0.29, 0.717) is 11.9 Å². The van der Waals surface area contributed by atoms with E-state index in [9.17, 15) is 4.79 Å². The number of likely N-dealkylation sites (tertiary alicyclic amines) is 1. The Balaban J connectivity index is 1.42. The first-order chi connectivity index (χ1) is 15.1. The van der Waals surface area contributed by atoms with Crippen LogP contribution in [0.5, 0.6) is 0 Å². The van der Waals surface area contributed by atoms with Gasteiger partial charge in [0.05, 0.1) is 5.69 Å². The molecule has 1 aliphatic carbocycles. The zero-order valence-electron chi connectivity index (χ0n) is 18.6. The molecule has 31 heavy (non-hydrogen) atoms. The van der Waals surface area contributed by atoms with Crippen molar-refractivity contribution >= 4 is 34.1 Å². The molecule has 5 rings (SSSR count). The lowest BCUT2D eigenvalue weighted by Gasteiger charge is -2.32. The summed E-state index contributed by atoms with van der Waals surface area (Å²) in [6, 6.07) is -0.127. The molecule has 2 aromatic heterocycles. The fourth-order valence-electron chi connectivity index (χ4n) is 4.95. The average molecular weight is 441 g/mol. The van der Waals surface area contributed by atoms with Crippen LogP contribution in [0.4, 0.5) is 16.9 Å². The normalized spacial score (nSPS) is 21.1. The Morgan fingerprint density at radius 2 is 1.94 bits per heavy atom. The molecule has 2 fully saturated rings. The highest BCUT2D eigenvalue weighted by molar-refractivity contribution is 7.15. The van der Waals surface area contributed by atoms with Crippen molar-refractivity contribution in [3.8, 4) is 0 Å². The van der Waals surface area contributed by atoms with Gasteiger partial charge in [0.2, 0.25) is 11.9 Å². The molecule has 0 aromatic carbocycles. The molecule has 166 valence electrons. The molecular weight excluding hydrogens is 408 g/mol. The number of hydrogen-bond donors (Lipinski definition) is 1. The summed E-state index contributed by atoms with van der Waals surface area (Å²) in [6.07, 6.45) is 10.4. The number of anilines is 3. The Morgan fingerprint density at radius 1 is 1.10 bits per heavy atom. The summed E-state index contributed by atoms with van der Waals surface area (Å²) in [4.78, 5) is 33.2. The van der Waals surface area contributed by atoms with Gasteiger partial charge in [-0.25, -0.2) is 9.97 Å². The molecule has 0 radical (unpaired) electrons. The maximum absolute atomic E-state index is 13.3. The summed E-state index contributed by atoms with van der Waals surface area (Å²) in [5.74, 6) is 2.30. The molecule has 2 aromatic rings. The van der Waals surface area contributed by atoms with Crippen LogP contribution in [0.15, 0.2) is 6.20 Å². The van der Waals surface area contributed by atoms with E-state index in [2.05, 4.69) is 33.9 Å². The van der Waals surface area contributed by atoms with Crippen LogP contribution in [0.25, 0.3) is 0 Å². The van der Waals surface area contributed by atoms with E-state index < -0.39 is 0 Å². The van der Waals surface area contributed by atoms with Gasteiger partial charge in [0.25, 0.3) is 0 Å². The molecule has 1 N–H and O–H groups in total. The zero-order valence-corrected chi connectivity index (χ0v) is 19.4. The number of thiazole rings is 1. The molecule has 1 amide bonds. The Kier molecular flexibility index (Phi) is 5.82. The highest BCUT2D eigenvalue weighted by atomic mass is 32.1. The van der Waals surface area contributed by atoms with E-state index in [0.717, 1.165) is 81.2 Å². The van der Waals surface area contributed by atoms with E-state index in [-0.39, 0.29) is 11.9 Å². The van der Waals surface area contributed by atoms with Crippen molar-refractivity contribution in [1.29, 1.82) is 0 Å². The lowest BCUT2D eigenvalue weighted by Crippen LogP contribution is -2.48. The number of carbonyl (C=O) groups excluding carboxylic acids is 1. The van der Waals surface area contributed by atoms with Crippen molar-refractivity contribution in [3.63, 3.8) is 0 Å². The van der Waals surface area contributed by atoms with Gasteiger partial charge in [-0.2, -0.15) is 4.98 Å². The van der Waals surface area contributed by atoms with Crippen LogP contribution in [-0.2, 0) is 17.6 Å². The summed E-state index contributed by atoms with van der Waals surface area (Å²) in [7, 11) is 0. The van der Waals surface area contributed by atoms with Crippen molar-refractivity contribution in [2.45, 2.75) is 77.2 Å². The maximum atomic E-state index is 13.3. The van der Waals surface area contributed by atoms with Crippen LogP contribution >= 0.6 is 11.3 Å². The van der Waals surface area contributed by atoms with Gasteiger partial charge < -0.3 is 15.1 Å². The van der Waals surface area contributed by atoms with Crippen molar-refractivity contribution in [2.24, 2.45) is 0 Å². The molecule has 1 atom stereocenters. The number of nitrogens with one attached hydrogen (secondary N) is 1. The molecule has 2 saturated heterocycles. The van der Waals surface area contributed by atoms with Crippen LogP contribution in [0.3, 0.4) is 0 Å². The molecule has 8 heteroatoms. The van der Waals surface area contributed by atoms with Crippen LogP contribution < -0.4 is 10.2 Å². The minimum Gasteiger partial charge on any atom is -0.341 e. The summed E-state index contributed by atoms with van der Waals surface area (Å²) < 4.78 is 0. The number of hydrogen-bond acceptors (Lipinski definition) is 7. The predicted molar refractivity (Wildman–Crippen MR) is 124 cm³/mol. The Morgan fingerprint density at radius 3 is 2.71 bits per heavy atom. The molecule has 0 bridgehead atoms. The third-order valence-electron chi connectivity index (χ3n) is 6.70. The molecule has 2 aliphatic heterocycles. The lowest BCUT2D eigenvalue weighted by molar-refractivity contribution is -0.133. The van der Waals surface area contributed by atoms with Gasteiger partial charge in [0, 0.05) is 36.3 Å². The second kappa shape index (κ2) is 8.73. The van der Waals surface area contributed by atoms with E-state index >= 15 is 0 Å². The largest absolute Gasteiger partial charge is 0.341 e. The van der Waals surface area contributed by atoms with Gasteiger partial charge in [-0.05, 0) is 57.3 Å². The quantitative estimate of drug-likeness (QED) is 0.748. The number of aryl methyl sites for hydroxylation is 1. The third kappa shape index (κ3) is 4.14. The van der Waals surface area contributed by atoms with Gasteiger partial charge in [0.1, 0.15) is 11.9 Å². The molecule has 7 nitrogen and oxygen atoms in total. The van der Waals surface area contributed by atoms with Crippen LogP contribution in [0.2, 0.25) is 0 Å². The van der Waals surface area contributed by atoms with Crippen LogP contribution in [-0.4, -0.2) is 51.4 Å². The van der Waals surface area contributed by atoms with Gasteiger partial charge in [-0.1, -0.05) is 13.8 Å². The minimum atomic E-state index is -0.127. The van der Waals surface area contributed by atoms with Crippen molar-refractivity contribution in [2.75, 3.05) is 29.9 Å². The average Bonchev–Trinajstić information content (AvgIpc) is 3.53. The number of nitrogens with zero attached hydrogens (tertiary/aromatic N) is 5. The third-order valence-corrected chi connectivity index (χ3v) is 7.92. The van der Waals surface area contributed by atoms with Crippen molar-refractivity contribution in [3.05, 3.63) is 22.3 Å². The summed E-state index contributed by atoms with van der Waals surface area (Å²) in [5, 5.41) is 4.36. The van der Waals surface area contributed by atoms with Crippen LogP contribution in [0, 0.1) is 0 Å². The fourth-order valence-corrected chi connectivity index (χ4v) is 5.77. The second-order valence-corrected chi connectivity index (χ2v) is 10.3. The molecule has 0 spiro atoms. The van der Waals surface area contributed by atoms with Crippen LogP contribution in [0.1, 0.15) is 74.4 Å². The highest BCUT2D eigenvalue weighted by Crippen LogP contribution is 2.34. The molecule has 0 saturated carbocycles. The zero-order chi connectivity index (χ0) is 21.4. The van der Waals surface area contributed by atoms with E-state index in [1.807, 2.05) is 6.20 Å². The first-order valence-electron chi connectivity index (χ1n) is 11.8.